The van der Waals surface area contributed by atoms with Crippen LogP contribution in [0.15, 0.2) is 12.3 Å². The summed E-state index contributed by atoms with van der Waals surface area (Å²) in [5, 5.41) is 0. The molecule has 0 unspecified atom stereocenters. The summed E-state index contributed by atoms with van der Waals surface area (Å²) in [4.78, 5) is 9.18. The number of aromatic nitrogens is 2. The van der Waals surface area contributed by atoms with Gasteiger partial charge in [-0.1, -0.05) is 0 Å². The maximum atomic E-state index is 12.5. The van der Waals surface area contributed by atoms with Crippen molar-refractivity contribution < 1.29 is 13.2 Å². The van der Waals surface area contributed by atoms with Gasteiger partial charge in [0.25, 0.3) is 0 Å². The molecule has 1 aliphatic carbocycles. The van der Waals surface area contributed by atoms with Gasteiger partial charge in [0.1, 0.15) is 5.69 Å². The molecule has 2 rings (SSSR count). The van der Waals surface area contributed by atoms with E-state index in [0.717, 1.165) is 25.1 Å². The van der Waals surface area contributed by atoms with Gasteiger partial charge in [0, 0.05) is 24.7 Å². The van der Waals surface area contributed by atoms with Gasteiger partial charge in [-0.2, -0.15) is 13.2 Å². The monoisotopic (exact) mass is 265 g/mol. The van der Waals surface area contributed by atoms with E-state index in [1.165, 1.54) is 0 Å². The maximum Gasteiger partial charge on any atom is 0.433 e. The van der Waals surface area contributed by atoms with Gasteiger partial charge in [-0.25, -0.2) is 9.97 Å². The highest BCUT2D eigenvalue weighted by molar-refractivity contribution is 6.18. The molecule has 0 aliphatic heterocycles. The lowest BCUT2D eigenvalue weighted by Crippen LogP contribution is -2.30. The molecule has 0 aromatic carbocycles. The zero-order chi connectivity index (χ0) is 12.5. The van der Waals surface area contributed by atoms with Crippen LogP contribution in [0.3, 0.4) is 0 Å². The fourth-order valence-electron chi connectivity index (χ4n) is 1.57. The van der Waals surface area contributed by atoms with Gasteiger partial charge in [-0.15, -0.1) is 11.6 Å². The largest absolute Gasteiger partial charge is 0.433 e. The van der Waals surface area contributed by atoms with E-state index in [0.29, 0.717) is 12.4 Å². The summed E-state index contributed by atoms with van der Waals surface area (Å²) in [5.74, 6) is 0.457. The lowest BCUT2D eigenvalue weighted by Gasteiger charge is -2.21. The number of hydrogen-bond donors (Lipinski definition) is 0. The van der Waals surface area contributed by atoms with E-state index >= 15 is 0 Å². The predicted molar refractivity (Wildman–Crippen MR) is 58.1 cm³/mol. The molecule has 1 fully saturated rings. The number of anilines is 1. The van der Waals surface area contributed by atoms with Crippen LogP contribution in [0.1, 0.15) is 18.5 Å². The van der Waals surface area contributed by atoms with Gasteiger partial charge >= 0.3 is 6.18 Å². The molecule has 1 aliphatic rings. The van der Waals surface area contributed by atoms with E-state index < -0.39 is 11.9 Å². The van der Waals surface area contributed by atoms with E-state index in [-0.39, 0.29) is 12.0 Å². The molecule has 1 heterocycles. The van der Waals surface area contributed by atoms with Crippen molar-refractivity contribution in [3.05, 3.63) is 18.0 Å². The Morgan fingerprint density at radius 2 is 2.12 bits per heavy atom. The number of halogens is 4. The van der Waals surface area contributed by atoms with Crippen LogP contribution >= 0.6 is 11.6 Å². The first kappa shape index (κ1) is 12.4. The lowest BCUT2D eigenvalue weighted by molar-refractivity contribution is -0.141. The molecule has 0 spiro atoms. The second kappa shape index (κ2) is 4.68. The lowest BCUT2D eigenvalue weighted by atomic mass is 10.4. The second-order valence-corrected chi connectivity index (χ2v) is 4.23. The molecule has 1 saturated carbocycles. The molecule has 1 aromatic rings. The van der Waals surface area contributed by atoms with Crippen LogP contribution in [-0.4, -0.2) is 28.4 Å². The van der Waals surface area contributed by atoms with Gasteiger partial charge in [0.2, 0.25) is 5.95 Å². The summed E-state index contributed by atoms with van der Waals surface area (Å²) in [7, 11) is 0. The number of rotatable bonds is 4. The molecule has 3 nitrogen and oxygen atoms in total. The van der Waals surface area contributed by atoms with Crippen molar-refractivity contribution in [2.75, 3.05) is 17.3 Å². The summed E-state index contributed by atoms with van der Waals surface area (Å²) in [6, 6.07) is 1.10. The van der Waals surface area contributed by atoms with Crippen LogP contribution in [0.4, 0.5) is 19.1 Å². The minimum atomic E-state index is -4.44. The number of alkyl halides is 4. The van der Waals surface area contributed by atoms with Gasteiger partial charge in [0.15, 0.2) is 0 Å². The second-order valence-electron chi connectivity index (χ2n) is 3.85. The number of nitrogens with zero attached hydrogens (tertiary/aromatic N) is 3. The molecule has 0 bridgehead atoms. The molecule has 94 valence electrons. The maximum absolute atomic E-state index is 12.5. The standard InChI is InChI=1S/C10H11ClF3N3/c11-4-6-17(7-1-2-7)9-15-5-3-8(16-9)10(12,13)14/h3,5,7H,1-2,4,6H2. The molecular formula is C10H11ClF3N3. The van der Waals surface area contributed by atoms with Crippen LogP contribution in [0.5, 0.6) is 0 Å². The SMILES string of the molecule is FC(F)(F)c1ccnc(N(CCCl)C2CC2)n1. The molecule has 0 amide bonds. The summed E-state index contributed by atoms with van der Waals surface area (Å²) in [5.41, 5.74) is -0.914. The zero-order valence-corrected chi connectivity index (χ0v) is 9.67. The van der Waals surface area contributed by atoms with Crippen LogP contribution < -0.4 is 4.90 Å². The molecule has 17 heavy (non-hydrogen) atoms. The van der Waals surface area contributed by atoms with E-state index in [1.54, 1.807) is 4.90 Å². The summed E-state index contributed by atoms with van der Waals surface area (Å²) in [6.45, 7) is 0.466. The van der Waals surface area contributed by atoms with Crippen LogP contribution in [0.25, 0.3) is 0 Å². The van der Waals surface area contributed by atoms with E-state index in [9.17, 15) is 13.2 Å². The smallest absolute Gasteiger partial charge is 0.337 e. The molecule has 0 radical (unpaired) electrons. The summed E-state index contributed by atoms with van der Waals surface area (Å²) >= 11 is 5.63. The Bertz CT molecular complexity index is 393. The summed E-state index contributed by atoms with van der Waals surface area (Å²) < 4.78 is 37.5. The first-order chi connectivity index (χ1) is 8.02. The van der Waals surface area contributed by atoms with Crippen molar-refractivity contribution >= 4 is 17.5 Å². The Labute approximate surface area is 102 Å². The average molecular weight is 266 g/mol. The van der Waals surface area contributed by atoms with Crippen molar-refractivity contribution in [1.82, 2.24) is 9.97 Å². The number of hydrogen-bond acceptors (Lipinski definition) is 3. The highest BCUT2D eigenvalue weighted by atomic mass is 35.5. The minimum Gasteiger partial charge on any atom is -0.337 e. The minimum absolute atomic E-state index is 0.114. The van der Waals surface area contributed by atoms with Gasteiger partial charge in [0.05, 0.1) is 0 Å². The Morgan fingerprint density at radius 3 is 2.65 bits per heavy atom. The van der Waals surface area contributed by atoms with Gasteiger partial charge in [-0.3, -0.25) is 0 Å². The molecule has 1 aromatic heterocycles. The van der Waals surface area contributed by atoms with Crippen molar-refractivity contribution in [3.63, 3.8) is 0 Å². The molecule has 0 N–H and O–H groups in total. The van der Waals surface area contributed by atoms with Crippen LogP contribution in [0.2, 0.25) is 0 Å². The van der Waals surface area contributed by atoms with Crippen molar-refractivity contribution in [3.8, 4) is 0 Å². The van der Waals surface area contributed by atoms with Crippen molar-refractivity contribution in [1.29, 1.82) is 0 Å². The van der Waals surface area contributed by atoms with Crippen molar-refractivity contribution in [2.45, 2.75) is 25.1 Å². The fraction of sp³-hybridized carbons (Fsp3) is 0.600. The van der Waals surface area contributed by atoms with Crippen molar-refractivity contribution in [2.24, 2.45) is 0 Å². The molecule has 0 saturated heterocycles. The molecular weight excluding hydrogens is 255 g/mol. The van der Waals surface area contributed by atoms with E-state index in [2.05, 4.69) is 9.97 Å². The quantitative estimate of drug-likeness (QED) is 0.784. The zero-order valence-electron chi connectivity index (χ0n) is 8.91. The first-order valence-corrected chi connectivity index (χ1v) is 5.78. The Hall–Kier alpha value is -1.04. The molecule has 7 heteroatoms. The van der Waals surface area contributed by atoms with E-state index in [4.69, 9.17) is 11.6 Å². The average Bonchev–Trinajstić information content (AvgIpc) is 3.09. The third-order valence-corrected chi connectivity index (χ3v) is 2.67. The van der Waals surface area contributed by atoms with E-state index in [1.807, 2.05) is 0 Å². The fourth-order valence-corrected chi connectivity index (χ4v) is 1.75. The predicted octanol–water partition coefficient (Wildman–Crippen LogP) is 2.70. The molecule has 0 atom stereocenters. The summed E-state index contributed by atoms with van der Waals surface area (Å²) in [6.07, 6.45) is -1.39. The van der Waals surface area contributed by atoms with Crippen LogP contribution in [0, 0.1) is 0 Å². The highest BCUT2D eigenvalue weighted by Gasteiger charge is 2.35. The van der Waals surface area contributed by atoms with Gasteiger partial charge < -0.3 is 4.90 Å². The first-order valence-electron chi connectivity index (χ1n) is 5.25. The van der Waals surface area contributed by atoms with Gasteiger partial charge in [-0.05, 0) is 18.9 Å². The van der Waals surface area contributed by atoms with Crippen LogP contribution in [-0.2, 0) is 6.18 Å². The Morgan fingerprint density at radius 1 is 1.41 bits per heavy atom. The third-order valence-electron chi connectivity index (χ3n) is 2.50. The normalized spacial score (nSPS) is 16.0. The Kier molecular flexibility index (Phi) is 3.42. The Balaban J connectivity index is 2.24. The third kappa shape index (κ3) is 3.00. The topological polar surface area (TPSA) is 29.0 Å². The highest BCUT2D eigenvalue weighted by Crippen LogP contribution is 2.32.